The molecule has 114 valence electrons. The lowest BCUT2D eigenvalue weighted by atomic mass is 10.4. The van der Waals surface area contributed by atoms with Crippen LogP contribution < -0.4 is 0 Å². The van der Waals surface area contributed by atoms with Gasteiger partial charge in [0.1, 0.15) is 0 Å². The van der Waals surface area contributed by atoms with Crippen molar-refractivity contribution in [1.82, 2.24) is 0 Å². The fraction of sp³-hybridized carbons (Fsp3) is 0. The molecule has 0 spiro atoms. The van der Waals surface area contributed by atoms with Gasteiger partial charge in [-0.05, 0) is 0 Å². The second-order valence-corrected chi connectivity index (χ2v) is 3.46. The van der Waals surface area contributed by atoms with E-state index in [0.717, 1.165) is 0 Å². The van der Waals surface area contributed by atoms with E-state index in [0.29, 0.717) is 0 Å². The molecular formula is C18H21Br3. The predicted molar refractivity (Wildman–Crippen MR) is 110 cm³/mol. The van der Waals surface area contributed by atoms with Crippen LogP contribution in [0.25, 0.3) is 0 Å². The van der Waals surface area contributed by atoms with E-state index in [2.05, 4.69) is 0 Å². The van der Waals surface area contributed by atoms with Crippen LogP contribution in [0.15, 0.2) is 109 Å². The molecule has 3 aromatic carbocycles. The second-order valence-electron chi connectivity index (χ2n) is 3.46. The Morgan fingerprint density at radius 1 is 0.143 bits per heavy atom. The number of rotatable bonds is 0. The third kappa shape index (κ3) is 19.1. The molecule has 0 radical (unpaired) electrons. The van der Waals surface area contributed by atoms with Gasteiger partial charge in [-0.1, -0.05) is 109 Å². The Balaban J connectivity index is -0.000000216. The first kappa shape index (κ1) is 25.1. The third-order valence-electron chi connectivity index (χ3n) is 2.00. The van der Waals surface area contributed by atoms with E-state index >= 15 is 0 Å². The van der Waals surface area contributed by atoms with Crippen LogP contribution in [0.2, 0.25) is 0 Å². The zero-order valence-corrected chi connectivity index (χ0v) is 16.8. The van der Waals surface area contributed by atoms with Gasteiger partial charge in [0.05, 0.1) is 0 Å². The van der Waals surface area contributed by atoms with Crippen LogP contribution in [-0.2, 0) is 0 Å². The molecule has 0 heterocycles. The summed E-state index contributed by atoms with van der Waals surface area (Å²) in [7, 11) is 0. The quantitative estimate of drug-likeness (QED) is 0.335. The molecule has 0 saturated carbocycles. The summed E-state index contributed by atoms with van der Waals surface area (Å²) >= 11 is 0. The summed E-state index contributed by atoms with van der Waals surface area (Å²) in [6, 6.07) is 36.0. The lowest BCUT2D eigenvalue weighted by molar-refractivity contribution is 1.72. The Hall–Kier alpha value is -0.900. The average Bonchev–Trinajstić information content (AvgIpc) is 2.54. The molecule has 0 atom stereocenters. The summed E-state index contributed by atoms with van der Waals surface area (Å²) in [4.78, 5) is 0. The minimum absolute atomic E-state index is 0. The van der Waals surface area contributed by atoms with Crippen LogP contribution in [0.5, 0.6) is 0 Å². The maximum Gasteiger partial charge on any atom is -0.0623 e. The minimum Gasteiger partial charge on any atom is -0.114 e. The molecule has 0 aliphatic rings. The van der Waals surface area contributed by atoms with Crippen molar-refractivity contribution in [2.24, 2.45) is 0 Å². The zero-order valence-electron chi connectivity index (χ0n) is 11.6. The summed E-state index contributed by atoms with van der Waals surface area (Å²) in [6.45, 7) is 0. The predicted octanol–water partition coefficient (Wildman–Crippen LogP) is 6.79. The highest BCUT2D eigenvalue weighted by Gasteiger charge is 1.59. The number of benzene rings is 3. The summed E-state index contributed by atoms with van der Waals surface area (Å²) in [5, 5.41) is 0. The van der Waals surface area contributed by atoms with E-state index in [-0.39, 0.29) is 50.9 Å². The van der Waals surface area contributed by atoms with Gasteiger partial charge < -0.3 is 0 Å². The Morgan fingerprint density at radius 2 is 0.190 bits per heavy atom. The molecular weight excluding hydrogens is 456 g/mol. The van der Waals surface area contributed by atoms with E-state index in [4.69, 9.17) is 0 Å². The van der Waals surface area contributed by atoms with Crippen molar-refractivity contribution in [1.29, 1.82) is 0 Å². The monoisotopic (exact) mass is 474 g/mol. The molecule has 3 heteroatoms. The van der Waals surface area contributed by atoms with Crippen LogP contribution in [0.1, 0.15) is 0 Å². The van der Waals surface area contributed by atoms with E-state index in [1.807, 2.05) is 109 Å². The molecule has 21 heavy (non-hydrogen) atoms. The molecule has 0 saturated heterocycles. The number of hydrogen-bond donors (Lipinski definition) is 0. The SMILES string of the molecule is Br.Br.Br.c1ccccc1.c1ccccc1.c1ccccc1. The fourth-order valence-electron chi connectivity index (χ4n) is 1.15. The summed E-state index contributed by atoms with van der Waals surface area (Å²) in [6.07, 6.45) is 0. The molecule has 0 N–H and O–H groups in total. The van der Waals surface area contributed by atoms with E-state index < -0.39 is 0 Å². The van der Waals surface area contributed by atoms with Crippen molar-refractivity contribution in [3.8, 4) is 0 Å². The summed E-state index contributed by atoms with van der Waals surface area (Å²) < 4.78 is 0. The Kier molecular flexibility index (Phi) is 25.6. The zero-order chi connectivity index (χ0) is 12.7. The van der Waals surface area contributed by atoms with Gasteiger partial charge in [-0.3, -0.25) is 0 Å². The van der Waals surface area contributed by atoms with Crippen LogP contribution in [0.3, 0.4) is 0 Å². The Bertz CT molecular complexity index is 303. The smallest absolute Gasteiger partial charge is 0.0623 e. The molecule has 0 bridgehead atoms. The maximum absolute atomic E-state index is 2.00. The van der Waals surface area contributed by atoms with Crippen LogP contribution in [0, 0.1) is 0 Å². The molecule has 0 nitrogen and oxygen atoms in total. The lowest BCUT2D eigenvalue weighted by Gasteiger charge is -1.69. The second kappa shape index (κ2) is 21.4. The minimum atomic E-state index is 0. The van der Waals surface area contributed by atoms with E-state index in [1.165, 1.54) is 0 Å². The highest BCUT2D eigenvalue weighted by Crippen LogP contribution is 1.81. The first-order valence-corrected chi connectivity index (χ1v) is 6.00. The van der Waals surface area contributed by atoms with E-state index in [1.54, 1.807) is 0 Å². The first-order valence-electron chi connectivity index (χ1n) is 6.00. The van der Waals surface area contributed by atoms with Crippen LogP contribution in [0.4, 0.5) is 0 Å². The van der Waals surface area contributed by atoms with Gasteiger partial charge in [0.15, 0.2) is 0 Å². The van der Waals surface area contributed by atoms with Crippen molar-refractivity contribution in [3.63, 3.8) is 0 Å². The van der Waals surface area contributed by atoms with Crippen molar-refractivity contribution in [2.45, 2.75) is 0 Å². The largest absolute Gasteiger partial charge is 0.114 e. The standard InChI is InChI=1S/3C6H6.3BrH/c3*1-2-4-6-5-3-1;;;/h3*1-6H;3*1H. The van der Waals surface area contributed by atoms with Crippen molar-refractivity contribution >= 4 is 50.9 Å². The molecule has 3 rings (SSSR count). The van der Waals surface area contributed by atoms with Crippen LogP contribution in [-0.4, -0.2) is 0 Å². The normalized spacial score (nSPS) is 6.86. The molecule has 0 aliphatic heterocycles. The topological polar surface area (TPSA) is 0 Å². The third-order valence-corrected chi connectivity index (χ3v) is 2.00. The first-order chi connectivity index (χ1) is 9.00. The average molecular weight is 477 g/mol. The van der Waals surface area contributed by atoms with Crippen LogP contribution >= 0.6 is 50.9 Å². The van der Waals surface area contributed by atoms with Gasteiger partial charge in [0.2, 0.25) is 0 Å². The molecule has 0 aromatic heterocycles. The van der Waals surface area contributed by atoms with Gasteiger partial charge in [0, 0.05) is 0 Å². The number of hydrogen-bond acceptors (Lipinski definition) is 0. The van der Waals surface area contributed by atoms with Gasteiger partial charge in [-0.15, -0.1) is 50.9 Å². The molecule has 0 unspecified atom stereocenters. The van der Waals surface area contributed by atoms with Gasteiger partial charge in [-0.2, -0.15) is 0 Å². The molecule has 0 amide bonds. The van der Waals surface area contributed by atoms with Crippen molar-refractivity contribution in [3.05, 3.63) is 109 Å². The summed E-state index contributed by atoms with van der Waals surface area (Å²) in [5.41, 5.74) is 0. The fourth-order valence-corrected chi connectivity index (χ4v) is 1.15. The maximum atomic E-state index is 2.00. The Morgan fingerprint density at radius 3 is 0.238 bits per heavy atom. The van der Waals surface area contributed by atoms with Gasteiger partial charge in [0.25, 0.3) is 0 Å². The molecule has 3 aromatic rings. The van der Waals surface area contributed by atoms with E-state index in [9.17, 15) is 0 Å². The highest BCUT2D eigenvalue weighted by molar-refractivity contribution is 8.93. The summed E-state index contributed by atoms with van der Waals surface area (Å²) in [5.74, 6) is 0. The number of halogens is 3. The Labute approximate surface area is 159 Å². The molecule has 0 fully saturated rings. The highest BCUT2D eigenvalue weighted by atomic mass is 79.9. The molecule has 0 aliphatic carbocycles. The van der Waals surface area contributed by atoms with Crippen molar-refractivity contribution in [2.75, 3.05) is 0 Å². The van der Waals surface area contributed by atoms with Gasteiger partial charge >= 0.3 is 0 Å². The van der Waals surface area contributed by atoms with Crippen molar-refractivity contribution < 1.29 is 0 Å². The van der Waals surface area contributed by atoms with Gasteiger partial charge in [-0.25, -0.2) is 0 Å². The lowest BCUT2D eigenvalue weighted by Crippen LogP contribution is -1.47.